The molecule has 0 aliphatic heterocycles. The van der Waals surface area contributed by atoms with Crippen molar-refractivity contribution in [2.24, 2.45) is 5.10 Å². The van der Waals surface area contributed by atoms with E-state index >= 15 is 0 Å². The van der Waals surface area contributed by atoms with Crippen LogP contribution in [-0.2, 0) is 11.2 Å². The summed E-state index contributed by atoms with van der Waals surface area (Å²) in [5.41, 5.74) is 4.35. The van der Waals surface area contributed by atoms with Gasteiger partial charge in [-0.3, -0.25) is 14.6 Å². The van der Waals surface area contributed by atoms with E-state index in [9.17, 15) is 9.59 Å². The van der Waals surface area contributed by atoms with Gasteiger partial charge in [-0.2, -0.15) is 5.10 Å². The summed E-state index contributed by atoms with van der Waals surface area (Å²) in [4.78, 5) is 28.4. The predicted octanol–water partition coefficient (Wildman–Crippen LogP) is 1.91. The molecule has 2 aromatic rings. The second-order valence-electron chi connectivity index (χ2n) is 4.60. The molecule has 1 aromatic heterocycles. The monoisotopic (exact) mass is 316 g/mol. The van der Waals surface area contributed by atoms with Crippen LogP contribution < -0.4 is 11.0 Å². The average Bonchev–Trinajstić information content (AvgIpc) is 2.48. The Morgan fingerprint density at radius 3 is 2.64 bits per heavy atom. The molecule has 7 heteroatoms. The Hall–Kier alpha value is -2.54. The molecule has 6 nitrogen and oxygen atoms in total. The second kappa shape index (κ2) is 7.46. The molecule has 114 valence electrons. The standard InChI is InChI=1S/C15H16N4O2S/c1-2-12(10-6-4-3-5-7-10)18-19-14(21)9-11-8-13(20)17-15(22)16-11/h3-8H,2,9H2,1H3,(H,19,21)(H2,16,17,20,22)/b18-12-. The van der Waals surface area contributed by atoms with Crippen molar-refractivity contribution in [2.45, 2.75) is 19.8 Å². The summed E-state index contributed by atoms with van der Waals surface area (Å²) < 4.78 is 0.192. The van der Waals surface area contributed by atoms with Gasteiger partial charge in [-0.25, -0.2) is 5.43 Å². The number of rotatable bonds is 5. The molecule has 0 atom stereocenters. The van der Waals surface area contributed by atoms with Gasteiger partial charge in [0, 0.05) is 11.8 Å². The van der Waals surface area contributed by atoms with Crippen molar-refractivity contribution < 1.29 is 4.79 Å². The molecular formula is C15H16N4O2S. The van der Waals surface area contributed by atoms with Crippen molar-refractivity contribution in [1.82, 2.24) is 15.4 Å². The zero-order valence-corrected chi connectivity index (χ0v) is 12.9. The molecule has 1 aromatic carbocycles. The fraction of sp³-hybridized carbons (Fsp3) is 0.200. The summed E-state index contributed by atoms with van der Waals surface area (Å²) >= 11 is 4.86. The number of hydrogen-bond acceptors (Lipinski definition) is 4. The number of aromatic amines is 2. The minimum atomic E-state index is -0.339. The van der Waals surface area contributed by atoms with E-state index in [4.69, 9.17) is 12.2 Å². The number of amides is 1. The highest BCUT2D eigenvalue weighted by Crippen LogP contribution is 2.03. The van der Waals surface area contributed by atoms with Gasteiger partial charge in [0.1, 0.15) is 0 Å². The maximum atomic E-state index is 11.9. The second-order valence-corrected chi connectivity index (χ2v) is 5.01. The van der Waals surface area contributed by atoms with E-state index in [1.165, 1.54) is 6.07 Å². The van der Waals surface area contributed by atoms with Gasteiger partial charge in [-0.1, -0.05) is 37.3 Å². The first-order valence-electron chi connectivity index (χ1n) is 6.82. The first-order valence-corrected chi connectivity index (χ1v) is 7.22. The van der Waals surface area contributed by atoms with E-state index in [1.807, 2.05) is 37.3 Å². The van der Waals surface area contributed by atoms with Crippen LogP contribution in [-0.4, -0.2) is 21.6 Å². The van der Waals surface area contributed by atoms with Gasteiger partial charge in [-0.15, -0.1) is 0 Å². The van der Waals surface area contributed by atoms with Crippen LogP contribution in [0.15, 0.2) is 46.3 Å². The van der Waals surface area contributed by atoms with Gasteiger partial charge in [-0.05, 0) is 24.2 Å². The predicted molar refractivity (Wildman–Crippen MR) is 87.4 cm³/mol. The molecule has 0 unspecified atom stereocenters. The van der Waals surface area contributed by atoms with Crippen LogP contribution in [0, 0.1) is 4.77 Å². The molecule has 0 aliphatic carbocycles. The molecule has 0 spiro atoms. The van der Waals surface area contributed by atoms with E-state index in [1.54, 1.807) is 0 Å². The van der Waals surface area contributed by atoms with Gasteiger partial charge in [0.05, 0.1) is 12.1 Å². The maximum absolute atomic E-state index is 11.9. The number of nitrogens with zero attached hydrogens (tertiary/aromatic N) is 1. The van der Waals surface area contributed by atoms with E-state index in [0.717, 1.165) is 11.3 Å². The molecule has 1 heterocycles. The van der Waals surface area contributed by atoms with E-state index in [-0.39, 0.29) is 22.7 Å². The maximum Gasteiger partial charge on any atom is 0.251 e. The van der Waals surface area contributed by atoms with E-state index in [0.29, 0.717) is 12.1 Å². The Morgan fingerprint density at radius 2 is 2.00 bits per heavy atom. The molecule has 0 bridgehead atoms. The first kappa shape index (κ1) is 15.8. The fourth-order valence-electron chi connectivity index (χ4n) is 1.94. The number of nitrogens with one attached hydrogen (secondary N) is 3. The van der Waals surface area contributed by atoms with Gasteiger partial charge >= 0.3 is 0 Å². The smallest absolute Gasteiger partial charge is 0.251 e. The third-order valence-corrected chi connectivity index (χ3v) is 3.13. The number of aromatic nitrogens is 2. The third kappa shape index (κ3) is 4.49. The zero-order chi connectivity index (χ0) is 15.9. The molecule has 0 fully saturated rings. The number of carbonyl (C=O) groups is 1. The summed E-state index contributed by atoms with van der Waals surface area (Å²) in [5, 5.41) is 4.14. The summed E-state index contributed by atoms with van der Waals surface area (Å²) in [6.07, 6.45) is 0.695. The van der Waals surface area contributed by atoms with E-state index < -0.39 is 0 Å². The summed E-state index contributed by atoms with van der Waals surface area (Å²) in [6, 6.07) is 10.9. The van der Waals surface area contributed by atoms with Crippen LogP contribution in [0.4, 0.5) is 0 Å². The van der Waals surface area contributed by atoms with Crippen molar-refractivity contribution in [3.63, 3.8) is 0 Å². The molecule has 22 heavy (non-hydrogen) atoms. The number of benzene rings is 1. The first-order chi connectivity index (χ1) is 10.6. The van der Waals surface area contributed by atoms with Crippen LogP contribution in [0.1, 0.15) is 24.6 Å². The van der Waals surface area contributed by atoms with Crippen molar-refractivity contribution in [1.29, 1.82) is 0 Å². The summed E-state index contributed by atoms with van der Waals surface area (Å²) in [5.74, 6) is -0.321. The van der Waals surface area contributed by atoms with Gasteiger partial charge in [0.15, 0.2) is 4.77 Å². The molecule has 0 saturated heterocycles. The molecular weight excluding hydrogens is 300 g/mol. The zero-order valence-electron chi connectivity index (χ0n) is 12.1. The van der Waals surface area contributed by atoms with Crippen LogP contribution in [0.25, 0.3) is 0 Å². The average molecular weight is 316 g/mol. The van der Waals surface area contributed by atoms with Crippen LogP contribution >= 0.6 is 12.2 Å². The van der Waals surface area contributed by atoms with Gasteiger partial charge in [0.25, 0.3) is 5.56 Å². The third-order valence-electron chi connectivity index (χ3n) is 2.92. The number of carbonyl (C=O) groups excluding carboxylic acids is 1. The molecule has 1 amide bonds. The Balaban J connectivity index is 2.06. The Labute approximate surface area is 132 Å². The Morgan fingerprint density at radius 1 is 1.27 bits per heavy atom. The number of hydrogen-bond donors (Lipinski definition) is 3. The van der Waals surface area contributed by atoms with Crippen molar-refractivity contribution >= 4 is 23.8 Å². The highest BCUT2D eigenvalue weighted by molar-refractivity contribution is 7.71. The quantitative estimate of drug-likeness (QED) is 0.447. The highest BCUT2D eigenvalue weighted by atomic mass is 32.1. The van der Waals surface area contributed by atoms with Crippen LogP contribution in [0.2, 0.25) is 0 Å². The summed E-state index contributed by atoms with van der Waals surface area (Å²) in [6.45, 7) is 1.96. The topological polar surface area (TPSA) is 90.1 Å². The lowest BCUT2D eigenvalue weighted by molar-refractivity contribution is -0.120. The number of H-pyrrole nitrogens is 2. The lowest BCUT2D eigenvalue weighted by Crippen LogP contribution is -2.23. The molecule has 0 saturated carbocycles. The van der Waals surface area contributed by atoms with Gasteiger partial charge < -0.3 is 4.98 Å². The van der Waals surface area contributed by atoms with Crippen molar-refractivity contribution in [2.75, 3.05) is 0 Å². The summed E-state index contributed by atoms with van der Waals surface area (Å²) in [7, 11) is 0. The molecule has 0 aliphatic rings. The normalized spacial score (nSPS) is 11.2. The van der Waals surface area contributed by atoms with E-state index in [2.05, 4.69) is 20.5 Å². The molecule has 3 N–H and O–H groups in total. The Kier molecular flexibility index (Phi) is 5.37. The lowest BCUT2D eigenvalue weighted by atomic mass is 10.1. The highest BCUT2D eigenvalue weighted by Gasteiger charge is 2.05. The van der Waals surface area contributed by atoms with Crippen molar-refractivity contribution in [3.8, 4) is 0 Å². The largest absolute Gasteiger partial charge is 0.335 e. The fourth-order valence-corrected chi connectivity index (χ4v) is 2.17. The minimum Gasteiger partial charge on any atom is -0.335 e. The SMILES string of the molecule is CC/C(=N/NC(=O)Cc1cc(=O)[nH]c(=S)[nH]1)c1ccccc1. The van der Waals surface area contributed by atoms with Crippen molar-refractivity contribution in [3.05, 3.63) is 62.8 Å². The van der Waals surface area contributed by atoms with Crippen LogP contribution in [0.3, 0.4) is 0 Å². The molecule has 2 rings (SSSR count). The minimum absolute atomic E-state index is 0.00282. The van der Waals surface area contributed by atoms with Crippen LogP contribution in [0.5, 0.6) is 0 Å². The number of hydrazone groups is 1. The van der Waals surface area contributed by atoms with Gasteiger partial charge in [0.2, 0.25) is 5.91 Å². The molecule has 0 radical (unpaired) electrons. The Bertz CT molecular complexity index is 765. The lowest BCUT2D eigenvalue weighted by Gasteiger charge is -2.05.